The lowest BCUT2D eigenvalue weighted by atomic mass is 10.1. The summed E-state index contributed by atoms with van der Waals surface area (Å²) in [5.41, 5.74) is 5.25. The molecule has 1 fully saturated rings. The van der Waals surface area contributed by atoms with Crippen LogP contribution in [-0.4, -0.2) is 55.7 Å². The second-order valence-corrected chi connectivity index (χ2v) is 3.95. The van der Waals surface area contributed by atoms with Gasteiger partial charge in [0.05, 0.1) is 19.8 Å². The molecule has 2 atom stereocenters. The number of hydrogen-bond acceptors (Lipinski definition) is 4. The van der Waals surface area contributed by atoms with E-state index in [2.05, 4.69) is 17.1 Å². The zero-order valence-electron chi connectivity index (χ0n) is 10.3. The molecule has 1 aliphatic rings. The number of rotatable bonds is 4. The van der Waals surface area contributed by atoms with Gasteiger partial charge in [0.2, 0.25) is 5.91 Å². The number of carbonyl (C=O) groups is 1. The maximum absolute atomic E-state index is 11.1. The molecule has 1 amide bonds. The van der Waals surface area contributed by atoms with Crippen LogP contribution in [0.25, 0.3) is 0 Å². The zero-order chi connectivity index (χ0) is 11.3. The summed E-state index contributed by atoms with van der Waals surface area (Å²) in [5.74, 6) is -0.0948. The summed E-state index contributed by atoms with van der Waals surface area (Å²) in [7, 11) is 0. The summed E-state index contributed by atoms with van der Waals surface area (Å²) in [6, 6.07) is 0.448. The molecule has 1 aliphatic heterocycles. The first-order valence-corrected chi connectivity index (χ1v) is 5.46. The van der Waals surface area contributed by atoms with Crippen molar-refractivity contribution in [1.82, 2.24) is 10.2 Å². The molecule has 5 nitrogen and oxygen atoms in total. The second kappa shape index (κ2) is 9.91. The van der Waals surface area contributed by atoms with Gasteiger partial charge in [-0.3, -0.25) is 9.69 Å². The van der Waals surface area contributed by atoms with Crippen LogP contribution in [0.15, 0.2) is 0 Å². The standard InChI is InChI=1S/C10H21N3O2.2ClH/c1-8(12-10(14)7-11)9(2)13-3-5-15-6-4-13;;/h8-9H,3-7,11H2,1-2H3,(H,12,14);2*1H. The maximum atomic E-state index is 11.1. The maximum Gasteiger partial charge on any atom is 0.233 e. The number of nitrogens with two attached hydrogens (primary N) is 1. The van der Waals surface area contributed by atoms with Crippen molar-refractivity contribution in [1.29, 1.82) is 0 Å². The lowest BCUT2D eigenvalue weighted by molar-refractivity contribution is -0.120. The van der Waals surface area contributed by atoms with Gasteiger partial charge in [-0.15, -0.1) is 24.8 Å². The van der Waals surface area contributed by atoms with Crippen LogP contribution in [0.1, 0.15) is 13.8 Å². The smallest absolute Gasteiger partial charge is 0.233 e. The lowest BCUT2D eigenvalue weighted by Gasteiger charge is -2.35. The molecular weight excluding hydrogens is 265 g/mol. The summed E-state index contributed by atoms with van der Waals surface area (Å²) in [6.07, 6.45) is 0. The molecule has 0 bridgehead atoms. The summed E-state index contributed by atoms with van der Waals surface area (Å²) in [5, 5.41) is 2.88. The first-order valence-electron chi connectivity index (χ1n) is 5.46. The first-order chi connectivity index (χ1) is 7.15. The summed E-state index contributed by atoms with van der Waals surface area (Å²) < 4.78 is 5.28. The molecule has 7 heteroatoms. The van der Waals surface area contributed by atoms with E-state index < -0.39 is 0 Å². The molecule has 0 aromatic rings. The molecule has 104 valence electrons. The van der Waals surface area contributed by atoms with Crippen molar-refractivity contribution in [2.45, 2.75) is 25.9 Å². The Kier molecular flexibility index (Phi) is 11.2. The quantitative estimate of drug-likeness (QED) is 0.765. The molecule has 0 spiro atoms. The van der Waals surface area contributed by atoms with Crippen LogP contribution in [0.2, 0.25) is 0 Å². The van der Waals surface area contributed by atoms with Crippen molar-refractivity contribution in [3.63, 3.8) is 0 Å². The lowest BCUT2D eigenvalue weighted by Crippen LogP contribution is -2.52. The predicted octanol–water partition coefficient (Wildman–Crippen LogP) is 0.0141. The van der Waals surface area contributed by atoms with E-state index in [0.29, 0.717) is 6.04 Å². The van der Waals surface area contributed by atoms with Crippen LogP contribution < -0.4 is 11.1 Å². The van der Waals surface area contributed by atoms with Crippen molar-refractivity contribution in [3.8, 4) is 0 Å². The summed E-state index contributed by atoms with van der Waals surface area (Å²) >= 11 is 0. The SMILES string of the molecule is CC(NC(=O)CN)C(C)N1CCOCC1.Cl.Cl. The van der Waals surface area contributed by atoms with Crippen molar-refractivity contribution in [2.24, 2.45) is 5.73 Å². The van der Waals surface area contributed by atoms with E-state index in [1.807, 2.05) is 6.92 Å². The Hall–Kier alpha value is -0.0700. The molecule has 0 aromatic heterocycles. The number of halogens is 2. The highest BCUT2D eigenvalue weighted by atomic mass is 35.5. The Morgan fingerprint density at radius 2 is 1.88 bits per heavy atom. The number of carbonyl (C=O) groups excluding carboxylic acids is 1. The average molecular weight is 288 g/mol. The van der Waals surface area contributed by atoms with Gasteiger partial charge in [-0.25, -0.2) is 0 Å². The van der Waals surface area contributed by atoms with Gasteiger partial charge in [-0.2, -0.15) is 0 Å². The Labute approximate surface area is 115 Å². The summed E-state index contributed by atoms with van der Waals surface area (Å²) in [6.45, 7) is 7.61. The minimum Gasteiger partial charge on any atom is -0.379 e. The fourth-order valence-electron chi connectivity index (χ4n) is 1.73. The van der Waals surface area contributed by atoms with E-state index in [1.165, 1.54) is 0 Å². The van der Waals surface area contributed by atoms with E-state index in [4.69, 9.17) is 10.5 Å². The molecule has 0 radical (unpaired) electrons. The molecule has 1 saturated heterocycles. The first kappa shape index (κ1) is 19.3. The molecule has 0 aromatic carbocycles. The van der Waals surface area contributed by atoms with Gasteiger partial charge >= 0.3 is 0 Å². The van der Waals surface area contributed by atoms with Gasteiger partial charge in [0.15, 0.2) is 0 Å². The number of nitrogens with zero attached hydrogens (tertiary/aromatic N) is 1. The fourth-order valence-corrected chi connectivity index (χ4v) is 1.73. The van der Waals surface area contributed by atoms with Crippen molar-refractivity contribution >= 4 is 30.7 Å². The molecule has 3 N–H and O–H groups in total. The third-order valence-corrected chi connectivity index (χ3v) is 2.92. The van der Waals surface area contributed by atoms with E-state index in [9.17, 15) is 4.79 Å². The Balaban J connectivity index is 0. The van der Waals surface area contributed by atoms with E-state index in [-0.39, 0.29) is 43.3 Å². The average Bonchev–Trinajstić information content (AvgIpc) is 2.29. The molecule has 17 heavy (non-hydrogen) atoms. The number of nitrogens with one attached hydrogen (secondary N) is 1. The van der Waals surface area contributed by atoms with Crippen LogP contribution >= 0.6 is 24.8 Å². The third-order valence-electron chi connectivity index (χ3n) is 2.92. The zero-order valence-corrected chi connectivity index (χ0v) is 12.0. The third kappa shape index (κ3) is 6.43. The molecular formula is C10H23Cl2N3O2. The van der Waals surface area contributed by atoms with Gasteiger partial charge < -0.3 is 15.8 Å². The number of amides is 1. The van der Waals surface area contributed by atoms with Crippen molar-refractivity contribution in [2.75, 3.05) is 32.8 Å². The largest absolute Gasteiger partial charge is 0.379 e. The van der Waals surface area contributed by atoms with Crippen LogP contribution in [-0.2, 0) is 9.53 Å². The highest BCUT2D eigenvalue weighted by Gasteiger charge is 2.22. The van der Waals surface area contributed by atoms with Crippen molar-refractivity contribution in [3.05, 3.63) is 0 Å². The molecule has 0 aliphatic carbocycles. The van der Waals surface area contributed by atoms with E-state index in [0.717, 1.165) is 26.3 Å². The monoisotopic (exact) mass is 287 g/mol. The Morgan fingerprint density at radius 1 is 1.35 bits per heavy atom. The molecule has 2 unspecified atom stereocenters. The van der Waals surface area contributed by atoms with E-state index >= 15 is 0 Å². The second-order valence-electron chi connectivity index (χ2n) is 3.95. The molecule has 0 saturated carbocycles. The van der Waals surface area contributed by atoms with Gasteiger partial charge in [-0.05, 0) is 13.8 Å². The van der Waals surface area contributed by atoms with Gasteiger partial charge in [-0.1, -0.05) is 0 Å². The van der Waals surface area contributed by atoms with Gasteiger partial charge in [0.1, 0.15) is 0 Å². The minimum absolute atomic E-state index is 0. The Morgan fingerprint density at radius 3 is 2.35 bits per heavy atom. The number of morpholine rings is 1. The Bertz CT molecular complexity index is 214. The van der Waals surface area contributed by atoms with Crippen LogP contribution in [0, 0.1) is 0 Å². The fraction of sp³-hybridized carbons (Fsp3) is 0.900. The highest BCUT2D eigenvalue weighted by molar-refractivity contribution is 5.85. The van der Waals surface area contributed by atoms with E-state index in [1.54, 1.807) is 0 Å². The molecule has 1 rings (SSSR count). The van der Waals surface area contributed by atoms with Crippen LogP contribution in [0.4, 0.5) is 0 Å². The normalized spacial score (nSPS) is 19.5. The predicted molar refractivity (Wildman–Crippen MR) is 73.0 cm³/mol. The van der Waals surface area contributed by atoms with Crippen LogP contribution in [0.5, 0.6) is 0 Å². The van der Waals surface area contributed by atoms with Crippen molar-refractivity contribution < 1.29 is 9.53 Å². The van der Waals surface area contributed by atoms with Gasteiger partial charge in [0, 0.05) is 25.2 Å². The van der Waals surface area contributed by atoms with Crippen LogP contribution in [0.3, 0.4) is 0 Å². The topological polar surface area (TPSA) is 67.6 Å². The van der Waals surface area contributed by atoms with Gasteiger partial charge in [0.25, 0.3) is 0 Å². The minimum atomic E-state index is -0.0948. The molecule has 1 heterocycles. The summed E-state index contributed by atoms with van der Waals surface area (Å²) in [4.78, 5) is 13.5. The number of hydrogen-bond donors (Lipinski definition) is 2. The highest BCUT2D eigenvalue weighted by Crippen LogP contribution is 2.07. The number of ether oxygens (including phenoxy) is 1.